The quantitative estimate of drug-likeness (QED) is 0.907. The van der Waals surface area contributed by atoms with Crippen LogP contribution < -0.4 is 10.2 Å². The van der Waals surface area contributed by atoms with E-state index >= 15 is 0 Å². The zero-order chi connectivity index (χ0) is 16.4. The molecule has 1 aromatic heterocycles. The minimum atomic E-state index is 0.00160. The van der Waals surface area contributed by atoms with Crippen molar-refractivity contribution < 1.29 is 9.53 Å². The van der Waals surface area contributed by atoms with E-state index in [4.69, 9.17) is 4.74 Å². The molecule has 1 heterocycles. The molecule has 1 spiro atoms. The smallest absolute Gasteiger partial charge is 0.251 e. The van der Waals surface area contributed by atoms with Gasteiger partial charge in [0.2, 0.25) is 0 Å². The molecule has 0 aliphatic heterocycles. The monoisotopic (exact) mass is 317 g/mol. The van der Waals surface area contributed by atoms with Crippen molar-refractivity contribution in [2.75, 3.05) is 25.6 Å². The molecule has 2 atom stereocenters. The zero-order valence-corrected chi connectivity index (χ0v) is 14.3. The van der Waals surface area contributed by atoms with Gasteiger partial charge in [0.05, 0.1) is 6.10 Å². The van der Waals surface area contributed by atoms with Crippen LogP contribution in [0.4, 0.5) is 5.82 Å². The molecule has 23 heavy (non-hydrogen) atoms. The lowest BCUT2D eigenvalue weighted by Crippen LogP contribution is -2.63. The number of carbonyl (C=O) groups excluding carboxylic acids is 1. The van der Waals surface area contributed by atoms with Gasteiger partial charge >= 0.3 is 0 Å². The van der Waals surface area contributed by atoms with Crippen LogP contribution in [-0.2, 0) is 4.74 Å². The first-order valence-electron chi connectivity index (χ1n) is 8.62. The summed E-state index contributed by atoms with van der Waals surface area (Å²) in [5.74, 6) is 0.802. The number of hydrogen-bond acceptors (Lipinski definition) is 4. The third-order valence-corrected chi connectivity index (χ3v) is 5.46. The van der Waals surface area contributed by atoms with Crippen molar-refractivity contribution in [3.8, 4) is 0 Å². The van der Waals surface area contributed by atoms with Crippen LogP contribution in [0.3, 0.4) is 0 Å². The second-order valence-corrected chi connectivity index (χ2v) is 6.94. The fraction of sp³-hybridized carbons (Fsp3) is 0.667. The van der Waals surface area contributed by atoms with Gasteiger partial charge in [-0.2, -0.15) is 0 Å². The molecule has 2 fully saturated rings. The molecule has 1 N–H and O–H groups in total. The Kier molecular flexibility index (Phi) is 4.57. The number of carbonyl (C=O) groups is 1. The topological polar surface area (TPSA) is 54.5 Å². The van der Waals surface area contributed by atoms with E-state index in [0.717, 1.165) is 18.8 Å². The molecule has 1 amide bonds. The summed E-state index contributed by atoms with van der Waals surface area (Å²) in [6, 6.07) is 3.86. The number of nitrogens with zero attached hydrogens (tertiary/aromatic N) is 2. The Balaban J connectivity index is 1.69. The second-order valence-electron chi connectivity index (χ2n) is 6.94. The van der Waals surface area contributed by atoms with Gasteiger partial charge < -0.3 is 15.0 Å². The van der Waals surface area contributed by atoms with Crippen LogP contribution in [0.2, 0.25) is 0 Å². The number of aromatic nitrogens is 1. The SMILES string of the molecule is CCO[C@H]1C[C@@H](NC(=O)c2ccnc(N(C)C)c2)C12CCCC2. The number of pyridine rings is 1. The first-order valence-corrected chi connectivity index (χ1v) is 8.62. The van der Waals surface area contributed by atoms with Crippen LogP contribution in [0, 0.1) is 5.41 Å². The van der Waals surface area contributed by atoms with Crippen LogP contribution >= 0.6 is 0 Å². The first kappa shape index (κ1) is 16.2. The van der Waals surface area contributed by atoms with Crippen molar-refractivity contribution in [2.24, 2.45) is 5.41 Å². The molecule has 3 rings (SSSR count). The highest BCUT2D eigenvalue weighted by molar-refractivity contribution is 5.95. The molecule has 0 aromatic carbocycles. The minimum absolute atomic E-state index is 0.00160. The van der Waals surface area contributed by atoms with E-state index in [-0.39, 0.29) is 17.4 Å². The predicted molar refractivity (Wildman–Crippen MR) is 90.8 cm³/mol. The molecule has 0 unspecified atom stereocenters. The van der Waals surface area contributed by atoms with Crippen molar-refractivity contribution in [2.45, 2.75) is 51.2 Å². The summed E-state index contributed by atoms with van der Waals surface area (Å²) >= 11 is 0. The maximum atomic E-state index is 12.6. The average molecular weight is 317 g/mol. The zero-order valence-electron chi connectivity index (χ0n) is 14.3. The maximum Gasteiger partial charge on any atom is 0.251 e. The molecule has 0 saturated heterocycles. The number of nitrogens with one attached hydrogen (secondary N) is 1. The Morgan fingerprint density at radius 1 is 1.43 bits per heavy atom. The van der Waals surface area contributed by atoms with E-state index in [2.05, 4.69) is 10.3 Å². The van der Waals surface area contributed by atoms with Gasteiger partial charge in [-0.05, 0) is 38.3 Å². The molecule has 2 saturated carbocycles. The van der Waals surface area contributed by atoms with E-state index in [9.17, 15) is 4.79 Å². The number of hydrogen-bond donors (Lipinski definition) is 1. The van der Waals surface area contributed by atoms with E-state index in [1.807, 2.05) is 32.0 Å². The molecule has 0 radical (unpaired) electrons. The summed E-state index contributed by atoms with van der Waals surface area (Å²) < 4.78 is 5.92. The largest absolute Gasteiger partial charge is 0.378 e. The van der Waals surface area contributed by atoms with E-state index in [1.54, 1.807) is 12.3 Å². The summed E-state index contributed by atoms with van der Waals surface area (Å²) in [7, 11) is 3.85. The summed E-state index contributed by atoms with van der Waals surface area (Å²) in [5.41, 5.74) is 0.847. The van der Waals surface area contributed by atoms with Crippen molar-refractivity contribution in [3.05, 3.63) is 23.9 Å². The van der Waals surface area contributed by atoms with Gasteiger partial charge in [-0.1, -0.05) is 12.8 Å². The van der Waals surface area contributed by atoms with Gasteiger partial charge in [-0.15, -0.1) is 0 Å². The third kappa shape index (κ3) is 2.94. The van der Waals surface area contributed by atoms with Gasteiger partial charge in [-0.25, -0.2) is 4.98 Å². The second kappa shape index (κ2) is 6.48. The lowest BCUT2D eigenvalue weighted by atomic mass is 9.60. The van der Waals surface area contributed by atoms with E-state index in [0.29, 0.717) is 11.7 Å². The Morgan fingerprint density at radius 2 is 2.17 bits per heavy atom. The molecular weight excluding hydrogens is 290 g/mol. The molecule has 0 bridgehead atoms. The normalized spacial score (nSPS) is 25.2. The number of anilines is 1. The Labute approximate surface area is 138 Å². The maximum absolute atomic E-state index is 12.6. The summed E-state index contributed by atoms with van der Waals surface area (Å²) in [6.45, 7) is 2.80. The molecule has 5 heteroatoms. The van der Waals surface area contributed by atoms with Crippen LogP contribution in [-0.4, -0.2) is 43.7 Å². The molecule has 5 nitrogen and oxygen atoms in total. The Hall–Kier alpha value is -1.62. The van der Waals surface area contributed by atoms with E-state index in [1.165, 1.54) is 25.7 Å². The standard InChI is InChI=1S/C18H27N3O2/c1-4-23-15-12-14(18(15)8-5-6-9-18)20-17(22)13-7-10-19-16(11-13)21(2)3/h7,10-11,14-15H,4-6,8-9,12H2,1-3H3,(H,20,22)/t14-,15+/m1/s1. The first-order chi connectivity index (χ1) is 11.1. The van der Waals surface area contributed by atoms with Crippen molar-refractivity contribution in [1.82, 2.24) is 10.3 Å². The fourth-order valence-corrected chi connectivity index (χ4v) is 4.13. The van der Waals surface area contributed by atoms with Gasteiger partial charge in [0.25, 0.3) is 5.91 Å². The Morgan fingerprint density at radius 3 is 2.83 bits per heavy atom. The summed E-state index contributed by atoms with van der Waals surface area (Å²) in [6.07, 6.45) is 7.77. The third-order valence-electron chi connectivity index (χ3n) is 5.46. The number of ether oxygens (including phenoxy) is 1. The highest BCUT2D eigenvalue weighted by Crippen LogP contribution is 2.54. The van der Waals surface area contributed by atoms with Crippen LogP contribution in [0.1, 0.15) is 49.4 Å². The molecule has 1 aromatic rings. The van der Waals surface area contributed by atoms with E-state index < -0.39 is 0 Å². The van der Waals surface area contributed by atoms with Crippen molar-refractivity contribution in [1.29, 1.82) is 0 Å². The number of amides is 1. The fourth-order valence-electron chi connectivity index (χ4n) is 4.13. The lowest BCUT2D eigenvalue weighted by molar-refractivity contribution is -0.127. The molecular formula is C18H27N3O2. The Bertz CT molecular complexity index is 567. The molecule has 2 aliphatic rings. The molecule has 126 valence electrons. The van der Waals surface area contributed by atoms with Gasteiger partial charge in [-0.3, -0.25) is 4.79 Å². The lowest BCUT2D eigenvalue weighted by Gasteiger charge is -2.54. The highest BCUT2D eigenvalue weighted by Gasteiger charge is 2.57. The van der Waals surface area contributed by atoms with Crippen LogP contribution in [0.5, 0.6) is 0 Å². The summed E-state index contributed by atoms with van der Waals surface area (Å²) in [4.78, 5) is 18.8. The number of rotatable bonds is 5. The van der Waals surface area contributed by atoms with Gasteiger partial charge in [0, 0.05) is 43.9 Å². The predicted octanol–water partition coefficient (Wildman–Crippen LogP) is 2.62. The van der Waals surface area contributed by atoms with Gasteiger partial charge in [0.15, 0.2) is 0 Å². The highest BCUT2D eigenvalue weighted by atomic mass is 16.5. The molecule has 2 aliphatic carbocycles. The van der Waals surface area contributed by atoms with Gasteiger partial charge in [0.1, 0.15) is 5.82 Å². The van der Waals surface area contributed by atoms with Crippen molar-refractivity contribution >= 4 is 11.7 Å². The van der Waals surface area contributed by atoms with Crippen LogP contribution in [0.25, 0.3) is 0 Å². The van der Waals surface area contributed by atoms with Crippen molar-refractivity contribution in [3.63, 3.8) is 0 Å². The summed E-state index contributed by atoms with van der Waals surface area (Å²) in [5, 5.41) is 3.25. The minimum Gasteiger partial charge on any atom is -0.378 e. The average Bonchev–Trinajstić information content (AvgIpc) is 3.06. The van der Waals surface area contributed by atoms with Crippen LogP contribution in [0.15, 0.2) is 18.3 Å².